The van der Waals surface area contributed by atoms with E-state index in [9.17, 15) is 14.4 Å². The van der Waals surface area contributed by atoms with Gasteiger partial charge in [-0.1, -0.05) is 0 Å². The van der Waals surface area contributed by atoms with Crippen molar-refractivity contribution in [3.63, 3.8) is 0 Å². The minimum absolute atomic E-state index is 0.233. The quantitative estimate of drug-likeness (QED) is 0.451. The van der Waals surface area contributed by atoms with Crippen LogP contribution in [0.4, 0.5) is 0 Å². The largest absolute Gasteiger partial charge is 0.469 e. The molecule has 0 radical (unpaired) electrons. The van der Waals surface area contributed by atoms with Crippen molar-refractivity contribution in [1.29, 1.82) is 0 Å². The molecule has 114 valence electrons. The molecular formula is C14H16O6S. The van der Waals surface area contributed by atoms with Crippen LogP contribution in [0.25, 0.3) is 0 Å². The Balaban J connectivity index is 2.93. The summed E-state index contributed by atoms with van der Waals surface area (Å²) in [4.78, 5) is 34.9. The standard InChI is InChI=1S/C14H16O6S/c1-18-12(15)4-5-21-11-7-9(13(16)19-2)6-10(8-11)14(17)20-3/h6-8H,4-5H2,1-3H3. The van der Waals surface area contributed by atoms with E-state index < -0.39 is 11.9 Å². The summed E-state index contributed by atoms with van der Waals surface area (Å²) in [5, 5.41) is 0. The minimum Gasteiger partial charge on any atom is -0.469 e. The van der Waals surface area contributed by atoms with Gasteiger partial charge in [-0.3, -0.25) is 4.79 Å². The van der Waals surface area contributed by atoms with Crippen molar-refractivity contribution in [1.82, 2.24) is 0 Å². The second-order valence-electron chi connectivity index (χ2n) is 3.90. The van der Waals surface area contributed by atoms with Crippen LogP contribution >= 0.6 is 11.8 Å². The average molecular weight is 312 g/mol. The molecule has 0 fully saturated rings. The molecule has 1 rings (SSSR count). The first-order chi connectivity index (χ1) is 10.0. The molecule has 0 aliphatic rings. The van der Waals surface area contributed by atoms with Gasteiger partial charge in [-0.25, -0.2) is 9.59 Å². The number of rotatable bonds is 6. The molecular weight excluding hydrogens is 296 g/mol. The fraction of sp³-hybridized carbons (Fsp3) is 0.357. The van der Waals surface area contributed by atoms with E-state index in [4.69, 9.17) is 0 Å². The molecule has 21 heavy (non-hydrogen) atoms. The van der Waals surface area contributed by atoms with Crippen LogP contribution in [0.1, 0.15) is 27.1 Å². The van der Waals surface area contributed by atoms with Crippen molar-refractivity contribution < 1.29 is 28.6 Å². The Hall–Kier alpha value is -2.02. The van der Waals surface area contributed by atoms with Gasteiger partial charge in [0.25, 0.3) is 0 Å². The van der Waals surface area contributed by atoms with E-state index in [0.717, 1.165) is 0 Å². The summed E-state index contributed by atoms with van der Waals surface area (Å²) in [6.07, 6.45) is 0.233. The Morgan fingerprint density at radius 1 is 0.905 bits per heavy atom. The van der Waals surface area contributed by atoms with Gasteiger partial charge >= 0.3 is 17.9 Å². The first-order valence-electron chi connectivity index (χ1n) is 6.03. The highest BCUT2D eigenvalue weighted by Crippen LogP contribution is 2.23. The molecule has 0 aliphatic heterocycles. The maximum Gasteiger partial charge on any atom is 0.337 e. The number of hydrogen-bond acceptors (Lipinski definition) is 7. The van der Waals surface area contributed by atoms with Crippen molar-refractivity contribution in [2.45, 2.75) is 11.3 Å². The van der Waals surface area contributed by atoms with Gasteiger partial charge in [0.2, 0.25) is 0 Å². The summed E-state index contributed by atoms with van der Waals surface area (Å²) in [6.45, 7) is 0. The van der Waals surface area contributed by atoms with Gasteiger partial charge in [-0.2, -0.15) is 0 Å². The number of esters is 3. The predicted molar refractivity (Wildman–Crippen MR) is 76.5 cm³/mol. The molecule has 0 aliphatic carbocycles. The number of carbonyl (C=O) groups is 3. The van der Waals surface area contributed by atoms with E-state index in [-0.39, 0.29) is 23.5 Å². The number of benzene rings is 1. The van der Waals surface area contributed by atoms with Crippen LogP contribution in [0.5, 0.6) is 0 Å². The predicted octanol–water partition coefficient (Wildman–Crippen LogP) is 1.91. The van der Waals surface area contributed by atoms with Gasteiger partial charge in [0.15, 0.2) is 0 Å². The minimum atomic E-state index is -0.546. The van der Waals surface area contributed by atoms with Gasteiger partial charge in [0.1, 0.15) is 0 Å². The summed E-state index contributed by atoms with van der Waals surface area (Å²) in [7, 11) is 3.84. The molecule has 1 aromatic carbocycles. The molecule has 0 atom stereocenters. The number of hydrogen-bond donors (Lipinski definition) is 0. The molecule has 0 bridgehead atoms. The van der Waals surface area contributed by atoms with E-state index >= 15 is 0 Å². The topological polar surface area (TPSA) is 78.9 Å². The van der Waals surface area contributed by atoms with Gasteiger partial charge in [-0.05, 0) is 18.2 Å². The maximum absolute atomic E-state index is 11.6. The molecule has 0 unspecified atom stereocenters. The lowest BCUT2D eigenvalue weighted by Gasteiger charge is -2.07. The third kappa shape index (κ3) is 5.11. The summed E-state index contributed by atoms with van der Waals surface area (Å²) >= 11 is 1.33. The molecule has 0 saturated heterocycles. The van der Waals surface area contributed by atoms with Crippen LogP contribution in [-0.4, -0.2) is 45.0 Å². The van der Waals surface area contributed by atoms with E-state index in [2.05, 4.69) is 14.2 Å². The summed E-state index contributed by atoms with van der Waals surface area (Å²) in [5.74, 6) is -0.941. The van der Waals surface area contributed by atoms with Crippen LogP contribution < -0.4 is 0 Å². The molecule has 7 heteroatoms. The van der Waals surface area contributed by atoms with Crippen molar-refractivity contribution in [3.05, 3.63) is 29.3 Å². The van der Waals surface area contributed by atoms with E-state index in [1.54, 1.807) is 12.1 Å². The SMILES string of the molecule is COC(=O)CCSc1cc(C(=O)OC)cc(C(=O)OC)c1. The number of thioether (sulfide) groups is 1. The lowest BCUT2D eigenvalue weighted by molar-refractivity contribution is -0.140. The van der Waals surface area contributed by atoms with Crippen molar-refractivity contribution in [3.8, 4) is 0 Å². The number of ether oxygens (including phenoxy) is 3. The number of carbonyl (C=O) groups excluding carboxylic acids is 3. The highest BCUT2D eigenvalue weighted by atomic mass is 32.2. The zero-order valence-corrected chi connectivity index (χ0v) is 12.8. The first-order valence-corrected chi connectivity index (χ1v) is 7.01. The van der Waals surface area contributed by atoms with Crippen molar-refractivity contribution in [2.75, 3.05) is 27.1 Å². The van der Waals surface area contributed by atoms with Crippen LogP contribution in [0.3, 0.4) is 0 Å². The van der Waals surface area contributed by atoms with Crippen LogP contribution in [0.15, 0.2) is 23.1 Å². The first kappa shape index (κ1) is 17.0. The zero-order chi connectivity index (χ0) is 15.8. The molecule has 0 amide bonds. The van der Waals surface area contributed by atoms with E-state index in [0.29, 0.717) is 10.6 Å². The second kappa shape index (κ2) is 8.31. The lowest BCUT2D eigenvalue weighted by atomic mass is 10.1. The lowest BCUT2D eigenvalue weighted by Crippen LogP contribution is -2.07. The Morgan fingerprint density at radius 2 is 1.43 bits per heavy atom. The Kier molecular flexibility index (Phi) is 6.74. The van der Waals surface area contributed by atoms with Crippen LogP contribution in [-0.2, 0) is 19.0 Å². The third-order valence-electron chi connectivity index (χ3n) is 2.55. The van der Waals surface area contributed by atoms with Crippen LogP contribution in [0.2, 0.25) is 0 Å². The fourth-order valence-corrected chi connectivity index (χ4v) is 2.43. The Morgan fingerprint density at radius 3 is 1.86 bits per heavy atom. The summed E-state index contributed by atoms with van der Waals surface area (Å²) in [6, 6.07) is 4.60. The highest BCUT2D eigenvalue weighted by molar-refractivity contribution is 7.99. The normalized spacial score (nSPS) is 9.86. The zero-order valence-electron chi connectivity index (χ0n) is 12.0. The molecule has 1 aromatic rings. The molecule has 0 saturated carbocycles. The van der Waals surface area contributed by atoms with Crippen molar-refractivity contribution in [2.24, 2.45) is 0 Å². The highest BCUT2D eigenvalue weighted by Gasteiger charge is 2.14. The van der Waals surface area contributed by atoms with E-state index in [1.807, 2.05) is 0 Å². The number of methoxy groups -OCH3 is 3. The van der Waals surface area contributed by atoms with Gasteiger partial charge in [0, 0.05) is 10.6 Å². The molecule has 0 aromatic heterocycles. The maximum atomic E-state index is 11.6. The van der Waals surface area contributed by atoms with Crippen LogP contribution in [0, 0.1) is 0 Å². The van der Waals surface area contributed by atoms with Crippen molar-refractivity contribution >= 4 is 29.7 Å². The molecule has 6 nitrogen and oxygen atoms in total. The molecule has 0 heterocycles. The van der Waals surface area contributed by atoms with Gasteiger partial charge < -0.3 is 14.2 Å². The summed E-state index contributed by atoms with van der Waals surface area (Å²) < 4.78 is 13.8. The second-order valence-corrected chi connectivity index (χ2v) is 5.07. The monoisotopic (exact) mass is 312 g/mol. The fourth-order valence-electron chi connectivity index (χ4n) is 1.51. The molecule has 0 N–H and O–H groups in total. The van der Waals surface area contributed by atoms with E-state index in [1.165, 1.54) is 39.2 Å². The smallest absolute Gasteiger partial charge is 0.337 e. The Bertz CT molecular complexity index is 506. The van der Waals surface area contributed by atoms with Gasteiger partial charge in [-0.15, -0.1) is 11.8 Å². The van der Waals surface area contributed by atoms with Gasteiger partial charge in [0.05, 0.1) is 38.9 Å². The average Bonchev–Trinajstić information content (AvgIpc) is 2.52. The third-order valence-corrected chi connectivity index (χ3v) is 3.53. The molecule has 0 spiro atoms. The summed E-state index contributed by atoms with van der Waals surface area (Å²) in [5.41, 5.74) is 0.502. The Labute approximate surface area is 126 Å².